The van der Waals surface area contributed by atoms with E-state index in [0.717, 1.165) is 11.1 Å². The van der Waals surface area contributed by atoms with Crippen LogP contribution in [0.1, 0.15) is 27.0 Å². The summed E-state index contributed by atoms with van der Waals surface area (Å²) >= 11 is 0. The Hall–Kier alpha value is -2.84. The number of benzene rings is 2. The van der Waals surface area contributed by atoms with Crippen molar-refractivity contribution in [2.45, 2.75) is 13.8 Å². The van der Waals surface area contributed by atoms with Gasteiger partial charge in [0.15, 0.2) is 0 Å². The van der Waals surface area contributed by atoms with E-state index in [1.807, 2.05) is 19.9 Å². The number of nitrogens with zero attached hydrogens (tertiary/aromatic N) is 1. The molecule has 106 valence electrons. The maximum Gasteiger partial charge on any atom is 0.257 e. The summed E-state index contributed by atoms with van der Waals surface area (Å²) in [5.74, 6) is 5.18. The smallest absolute Gasteiger partial charge is 0.257 e. The van der Waals surface area contributed by atoms with Crippen LogP contribution in [0.3, 0.4) is 0 Å². The number of rotatable bonds is 3. The van der Waals surface area contributed by atoms with Gasteiger partial charge in [0.2, 0.25) is 0 Å². The Morgan fingerprint density at radius 1 is 1.14 bits per heavy atom. The van der Waals surface area contributed by atoms with Crippen LogP contribution in [0.5, 0.6) is 0 Å². The van der Waals surface area contributed by atoms with E-state index in [1.54, 1.807) is 30.3 Å². The van der Waals surface area contributed by atoms with Gasteiger partial charge in [-0.05, 0) is 49.2 Å². The predicted octanol–water partition coefficient (Wildman–Crippen LogP) is 2.71. The van der Waals surface area contributed by atoms with Crippen LogP contribution in [0, 0.1) is 25.2 Å². The first-order valence-corrected chi connectivity index (χ1v) is 6.44. The summed E-state index contributed by atoms with van der Waals surface area (Å²) in [7, 11) is 0. The van der Waals surface area contributed by atoms with Gasteiger partial charge in [-0.3, -0.25) is 10.6 Å². The molecule has 0 heterocycles. The summed E-state index contributed by atoms with van der Waals surface area (Å²) in [6, 6.07) is 12.6. The second-order valence-corrected chi connectivity index (χ2v) is 4.79. The minimum Gasteiger partial charge on any atom is -0.323 e. The fraction of sp³-hybridized carbons (Fsp3) is 0.125. The van der Waals surface area contributed by atoms with Gasteiger partial charge in [0.05, 0.1) is 22.9 Å². The van der Waals surface area contributed by atoms with Crippen molar-refractivity contribution >= 4 is 17.3 Å². The number of hydrazine groups is 1. The summed E-state index contributed by atoms with van der Waals surface area (Å²) in [6.45, 7) is 3.79. The minimum absolute atomic E-state index is 0.277. The van der Waals surface area contributed by atoms with Gasteiger partial charge in [0.1, 0.15) is 0 Å². The van der Waals surface area contributed by atoms with Gasteiger partial charge < -0.3 is 10.7 Å². The zero-order chi connectivity index (χ0) is 15.4. The third-order valence-corrected chi connectivity index (χ3v) is 3.19. The molecule has 0 spiro atoms. The number of carbonyl (C=O) groups excluding carboxylic acids is 1. The molecule has 0 radical (unpaired) electrons. The van der Waals surface area contributed by atoms with Crippen molar-refractivity contribution in [2.75, 3.05) is 10.7 Å². The Morgan fingerprint density at radius 2 is 1.90 bits per heavy atom. The van der Waals surface area contributed by atoms with Gasteiger partial charge >= 0.3 is 0 Å². The summed E-state index contributed by atoms with van der Waals surface area (Å²) < 4.78 is 0. The molecule has 0 aliphatic carbocycles. The topological polar surface area (TPSA) is 90.9 Å². The second kappa shape index (κ2) is 6.07. The third kappa shape index (κ3) is 3.19. The Balaban J connectivity index is 2.32. The van der Waals surface area contributed by atoms with Gasteiger partial charge in [-0.25, -0.2) is 0 Å². The molecule has 21 heavy (non-hydrogen) atoms. The molecule has 0 fully saturated rings. The zero-order valence-electron chi connectivity index (χ0n) is 11.9. The molecule has 2 aromatic carbocycles. The summed E-state index contributed by atoms with van der Waals surface area (Å²) in [6.07, 6.45) is 0. The average Bonchev–Trinajstić information content (AvgIpc) is 2.49. The molecule has 0 aliphatic heterocycles. The fourth-order valence-corrected chi connectivity index (χ4v) is 1.99. The molecule has 1 amide bonds. The minimum atomic E-state index is -0.277. The number of hydrogen-bond donors (Lipinski definition) is 3. The number of carbonyl (C=O) groups is 1. The van der Waals surface area contributed by atoms with Crippen molar-refractivity contribution in [1.82, 2.24) is 0 Å². The van der Waals surface area contributed by atoms with Crippen molar-refractivity contribution in [3.8, 4) is 6.07 Å². The van der Waals surface area contributed by atoms with E-state index in [2.05, 4.69) is 16.8 Å². The van der Waals surface area contributed by atoms with E-state index in [0.29, 0.717) is 22.5 Å². The Kier molecular flexibility index (Phi) is 4.21. The number of amides is 1. The second-order valence-electron chi connectivity index (χ2n) is 4.79. The number of aryl methyl sites for hydroxylation is 2. The van der Waals surface area contributed by atoms with Crippen LogP contribution in [0.2, 0.25) is 0 Å². The van der Waals surface area contributed by atoms with E-state index in [9.17, 15) is 4.79 Å². The molecule has 5 nitrogen and oxygen atoms in total. The van der Waals surface area contributed by atoms with Gasteiger partial charge in [-0.2, -0.15) is 5.26 Å². The molecule has 0 aliphatic rings. The zero-order valence-corrected chi connectivity index (χ0v) is 11.9. The van der Waals surface area contributed by atoms with Crippen molar-refractivity contribution in [2.24, 2.45) is 5.84 Å². The highest BCUT2D eigenvalue weighted by atomic mass is 16.1. The third-order valence-electron chi connectivity index (χ3n) is 3.19. The van der Waals surface area contributed by atoms with E-state index in [-0.39, 0.29) is 5.91 Å². The van der Waals surface area contributed by atoms with Crippen LogP contribution in [-0.2, 0) is 0 Å². The Bertz CT molecular complexity index is 732. The summed E-state index contributed by atoms with van der Waals surface area (Å²) in [5.41, 5.74) is 6.53. The average molecular weight is 280 g/mol. The van der Waals surface area contributed by atoms with E-state index < -0.39 is 0 Å². The molecule has 0 saturated heterocycles. The number of anilines is 2. The molecular weight excluding hydrogens is 264 g/mol. The lowest BCUT2D eigenvalue weighted by Crippen LogP contribution is -2.18. The molecule has 0 unspecified atom stereocenters. The first-order valence-electron chi connectivity index (χ1n) is 6.44. The Labute approximate surface area is 123 Å². The maximum atomic E-state index is 12.4. The first-order chi connectivity index (χ1) is 10.0. The molecule has 0 atom stereocenters. The SMILES string of the molecule is Cc1ccc(C(=O)Nc2cc(C#N)ccc2C)c(NN)c1. The number of nitrogens with two attached hydrogens (primary N) is 1. The van der Waals surface area contributed by atoms with Crippen LogP contribution in [-0.4, -0.2) is 5.91 Å². The van der Waals surface area contributed by atoms with Crippen molar-refractivity contribution in [3.63, 3.8) is 0 Å². The number of nitriles is 1. The van der Waals surface area contributed by atoms with Gasteiger partial charge in [0.25, 0.3) is 5.91 Å². The lowest BCUT2D eigenvalue weighted by Gasteiger charge is -2.12. The monoisotopic (exact) mass is 280 g/mol. The van der Waals surface area contributed by atoms with Crippen LogP contribution in [0.25, 0.3) is 0 Å². The van der Waals surface area contributed by atoms with Crippen molar-refractivity contribution in [3.05, 3.63) is 58.7 Å². The highest BCUT2D eigenvalue weighted by Crippen LogP contribution is 2.21. The highest BCUT2D eigenvalue weighted by Gasteiger charge is 2.12. The number of nitrogens with one attached hydrogen (secondary N) is 2. The summed E-state index contributed by atoms with van der Waals surface area (Å²) in [4.78, 5) is 12.4. The van der Waals surface area contributed by atoms with Gasteiger partial charge in [-0.1, -0.05) is 12.1 Å². The van der Waals surface area contributed by atoms with Crippen molar-refractivity contribution < 1.29 is 4.79 Å². The first kappa shape index (κ1) is 14.6. The quantitative estimate of drug-likeness (QED) is 0.595. The number of hydrogen-bond acceptors (Lipinski definition) is 4. The van der Waals surface area contributed by atoms with Crippen LogP contribution < -0.4 is 16.6 Å². The molecule has 2 aromatic rings. The molecule has 4 N–H and O–H groups in total. The molecule has 0 aromatic heterocycles. The largest absolute Gasteiger partial charge is 0.323 e. The van der Waals surface area contributed by atoms with E-state index >= 15 is 0 Å². The molecule has 5 heteroatoms. The number of nitrogen functional groups attached to an aromatic ring is 1. The van der Waals surface area contributed by atoms with Crippen LogP contribution in [0.15, 0.2) is 36.4 Å². The molecule has 0 bridgehead atoms. The normalized spacial score (nSPS) is 9.81. The lowest BCUT2D eigenvalue weighted by atomic mass is 10.1. The lowest BCUT2D eigenvalue weighted by molar-refractivity contribution is 0.102. The Morgan fingerprint density at radius 3 is 2.57 bits per heavy atom. The standard InChI is InChI=1S/C16H16N4O/c1-10-3-6-13(15(7-10)20-18)16(21)19-14-8-12(9-17)5-4-11(14)2/h3-8,20H,18H2,1-2H3,(H,19,21). The predicted molar refractivity (Wildman–Crippen MR) is 82.8 cm³/mol. The molecule has 2 rings (SSSR count). The molecular formula is C16H16N4O. The maximum absolute atomic E-state index is 12.4. The fourth-order valence-electron chi connectivity index (χ4n) is 1.99. The summed E-state index contributed by atoms with van der Waals surface area (Å²) in [5, 5.41) is 11.7. The van der Waals surface area contributed by atoms with Crippen LogP contribution in [0.4, 0.5) is 11.4 Å². The van der Waals surface area contributed by atoms with Gasteiger partial charge in [0, 0.05) is 5.69 Å². The van der Waals surface area contributed by atoms with Crippen molar-refractivity contribution in [1.29, 1.82) is 5.26 Å². The van der Waals surface area contributed by atoms with E-state index in [1.165, 1.54) is 0 Å². The molecule has 0 saturated carbocycles. The highest BCUT2D eigenvalue weighted by molar-refractivity contribution is 6.08. The van der Waals surface area contributed by atoms with Gasteiger partial charge in [-0.15, -0.1) is 0 Å². The van der Waals surface area contributed by atoms with E-state index in [4.69, 9.17) is 11.1 Å². The van der Waals surface area contributed by atoms with Crippen LogP contribution >= 0.6 is 0 Å².